The first-order valence-electron chi connectivity index (χ1n) is 4.58. The molecule has 1 unspecified atom stereocenters. The predicted molar refractivity (Wildman–Crippen MR) is 73.1 cm³/mol. The number of nitrogens with one attached hydrogen (secondary N) is 1. The van der Waals surface area contributed by atoms with Crippen LogP contribution in [0.3, 0.4) is 0 Å². The Labute approximate surface area is 117 Å². The number of guanidine groups is 1. The van der Waals surface area contributed by atoms with Gasteiger partial charge in [0.25, 0.3) is 0 Å². The molecule has 8 heteroatoms. The average molecular weight is 342 g/mol. The lowest BCUT2D eigenvalue weighted by Gasteiger charge is -2.24. The number of carbonyl (C=O) groups excluding carboxylic acids is 1. The van der Waals surface area contributed by atoms with Crippen LogP contribution >= 0.6 is 39.1 Å². The van der Waals surface area contributed by atoms with Crippen LogP contribution in [0.1, 0.15) is 13.3 Å². The zero-order valence-corrected chi connectivity index (χ0v) is 12.0. The van der Waals surface area contributed by atoms with E-state index in [9.17, 15) is 4.79 Å². The van der Waals surface area contributed by atoms with Gasteiger partial charge < -0.3 is 16.8 Å². The zero-order valence-electron chi connectivity index (χ0n) is 8.93. The molecule has 0 aromatic heterocycles. The number of rotatable bonds is 1. The lowest BCUT2D eigenvalue weighted by Crippen LogP contribution is -2.30. The van der Waals surface area contributed by atoms with Crippen molar-refractivity contribution < 1.29 is 4.79 Å². The Morgan fingerprint density at radius 2 is 2.24 bits per heavy atom. The molecule has 1 atom stereocenters. The van der Waals surface area contributed by atoms with E-state index in [1.165, 1.54) is 0 Å². The van der Waals surface area contributed by atoms with E-state index < -0.39 is 9.81 Å². The summed E-state index contributed by atoms with van der Waals surface area (Å²) in [5.74, 6) is -0.316. The van der Waals surface area contributed by atoms with Crippen LogP contribution in [0.4, 0.5) is 4.79 Å². The molecule has 1 rings (SSSR count). The molecule has 0 spiro atoms. The summed E-state index contributed by atoms with van der Waals surface area (Å²) in [5.41, 5.74) is 11.4. The van der Waals surface area contributed by atoms with Crippen LogP contribution in [0, 0.1) is 0 Å². The molecule has 17 heavy (non-hydrogen) atoms. The second kappa shape index (κ2) is 5.29. The van der Waals surface area contributed by atoms with Crippen LogP contribution in [-0.4, -0.2) is 15.8 Å². The maximum Gasteiger partial charge on any atom is 0.348 e. The summed E-state index contributed by atoms with van der Waals surface area (Å²) in [6.45, 7) is 1.77. The van der Waals surface area contributed by atoms with Crippen molar-refractivity contribution in [2.45, 2.75) is 17.1 Å². The van der Waals surface area contributed by atoms with Crippen molar-refractivity contribution in [1.82, 2.24) is 5.32 Å². The molecule has 0 aromatic carbocycles. The van der Waals surface area contributed by atoms with Crippen molar-refractivity contribution in [2.24, 2.45) is 16.5 Å². The van der Waals surface area contributed by atoms with Crippen LogP contribution in [0.15, 0.2) is 27.4 Å². The second-order valence-corrected chi connectivity index (χ2v) is 6.51. The average Bonchev–Trinajstić information content (AvgIpc) is 2.08. The van der Waals surface area contributed by atoms with Gasteiger partial charge in [-0.2, -0.15) is 4.99 Å². The van der Waals surface area contributed by atoms with Gasteiger partial charge in [-0.05, 0) is 18.6 Å². The summed E-state index contributed by atoms with van der Waals surface area (Å²) in [6, 6.07) is -0.678. The summed E-state index contributed by atoms with van der Waals surface area (Å²) in [4.78, 5) is 14.7. The molecule has 0 radical (unpaired) electrons. The van der Waals surface area contributed by atoms with Crippen molar-refractivity contribution in [3.8, 4) is 0 Å². The Bertz CT molecular complexity index is 438. The van der Waals surface area contributed by atoms with E-state index in [0.717, 1.165) is 5.57 Å². The first kappa shape index (κ1) is 14.3. The van der Waals surface area contributed by atoms with E-state index in [4.69, 9.17) is 34.7 Å². The number of urea groups is 1. The Balaban J connectivity index is 2.90. The Morgan fingerprint density at radius 1 is 1.65 bits per heavy atom. The van der Waals surface area contributed by atoms with Crippen LogP contribution in [0.25, 0.3) is 0 Å². The Morgan fingerprint density at radius 3 is 2.71 bits per heavy atom. The molecule has 5 N–H and O–H groups in total. The van der Waals surface area contributed by atoms with E-state index in [1.54, 1.807) is 13.0 Å². The first-order valence-corrected chi connectivity index (χ1v) is 6.13. The number of hydrogen-bond donors (Lipinski definition) is 3. The second-order valence-electron chi connectivity index (χ2n) is 3.51. The molecular formula is C9H11BrCl2N4O. The van der Waals surface area contributed by atoms with Gasteiger partial charge >= 0.3 is 6.03 Å². The molecule has 2 amide bonds. The third kappa shape index (κ3) is 4.22. The minimum absolute atomic E-state index is 0.316. The number of hydrogen-bond acceptors (Lipinski definition) is 1. The van der Waals surface area contributed by atoms with E-state index in [0.29, 0.717) is 17.2 Å². The molecule has 94 valence electrons. The third-order valence-electron chi connectivity index (χ3n) is 1.95. The van der Waals surface area contributed by atoms with Crippen molar-refractivity contribution in [2.75, 3.05) is 0 Å². The summed E-state index contributed by atoms with van der Waals surface area (Å²) >= 11 is 15.4. The quantitative estimate of drug-likeness (QED) is 0.387. The molecule has 1 aliphatic rings. The molecule has 0 aliphatic heterocycles. The van der Waals surface area contributed by atoms with Gasteiger partial charge in [0.15, 0.2) is 5.96 Å². The summed E-state index contributed by atoms with van der Waals surface area (Å²) in [6.07, 6.45) is 2.09. The number of alkyl halides is 2. The normalized spacial score (nSPS) is 24.1. The molecule has 0 saturated heterocycles. The van der Waals surface area contributed by atoms with Crippen molar-refractivity contribution in [3.05, 3.63) is 22.4 Å². The highest BCUT2D eigenvalue weighted by Crippen LogP contribution is 2.41. The van der Waals surface area contributed by atoms with Gasteiger partial charge in [-0.1, -0.05) is 27.5 Å². The van der Waals surface area contributed by atoms with Gasteiger partial charge in [0, 0.05) is 11.5 Å². The fraction of sp³-hybridized carbons (Fsp3) is 0.333. The zero-order chi connectivity index (χ0) is 13.2. The largest absolute Gasteiger partial charge is 0.370 e. The summed E-state index contributed by atoms with van der Waals surface area (Å²) in [5, 5.41) is 2.93. The summed E-state index contributed by atoms with van der Waals surface area (Å²) in [7, 11) is 0. The van der Waals surface area contributed by atoms with Crippen LogP contribution in [-0.2, 0) is 0 Å². The fourth-order valence-corrected chi connectivity index (χ4v) is 2.93. The van der Waals surface area contributed by atoms with Gasteiger partial charge in [-0.3, -0.25) is 0 Å². The lowest BCUT2D eigenvalue weighted by atomic mass is 10.0. The minimum Gasteiger partial charge on any atom is -0.370 e. The number of nitrogens with zero attached hydrogens (tertiary/aromatic N) is 1. The van der Waals surface area contributed by atoms with Gasteiger partial charge in [0.05, 0.1) is 5.70 Å². The van der Waals surface area contributed by atoms with Crippen molar-refractivity contribution in [1.29, 1.82) is 0 Å². The monoisotopic (exact) mass is 340 g/mol. The topological polar surface area (TPSA) is 93.5 Å². The van der Waals surface area contributed by atoms with Crippen LogP contribution in [0.2, 0.25) is 0 Å². The predicted octanol–water partition coefficient (Wildman–Crippen LogP) is 2.10. The molecule has 0 heterocycles. The number of amides is 2. The maximum atomic E-state index is 11.4. The highest BCUT2D eigenvalue weighted by molar-refractivity contribution is 9.10. The Kier molecular flexibility index (Phi) is 4.46. The number of nitrogens with two attached hydrogens (primary N) is 2. The minimum atomic E-state index is -0.724. The van der Waals surface area contributed by atoms with Crippen molar-refractivity contribution in [3.63, 3.8) is 0 Å². The maximum absolute atomic E-state index is 11.4. The van der Waals surface area contributed by atoms with Gasteiger partial charge in [0.2, 0.25) is 0 Å². The van der Waals surface area contributed by atoms with E-state index in [2.05, 4.69) is 26.2 Å². The van der Waals surface area contributed by atoms with E-state index in [-0.39, 0.29) is 5.96 Å². The Hall–Kier alpha value is -0.720. The smallest absolute Gasteiger partial charge is 0.348 e. The third-order valence-corrected chi connectivity index (χ3v) is 3.02. The molecular weight excluding hydrogens is 331 g/mol. The number of halogens is 3. The van der Waals surface area contributed by atoms with Gasteiger partial charge in [0.1, 0.15) is 3.78 Å². The fourth-order valence-electron chi connectivity index (χ4n) is 1.37. The summed E-state index contributed by atoms with van der Waals surface area (Å²) < 4.78 is -0.724. The molecule has 5 nitrogen and oxygen atoms in total. The van der Waals surface area contributed by atoms with Crippen LogP contribution in [0.5, 0.6) is 0 Å². The molecule has 0 saturated carbocycles. The van der Waals surface area contributed by atoms with Gasteiger partial charge in [-0.15, -0.1) is 11.6 Å². The van der Waals surface area contributed by atoms with Gasteiger partial charge in [-0.25, -0.2) is 4.79 Å². The van der Waals surface area contributed by atoms with Crippen LogP contribution < -0.4 is 16.8 Å². The number of allylic oxidation sites excluding steroid dienone is 3. The first-order chi connectivity index (χ1) is 7.71. The standard InChI is InChI=1S/C9H11BrCl2N4O/c1-4-2-9(10,12)3-5(11)6(4)15-8(17)16-7(13)14/h2H,3H2,1H3,(H5,13,14,15,16,17). The van der Waals surface area contributed by atoms with E-state index in [1.807, 2.05) is 0 Å². The molecule has 1 aliphatic carbocycles. The lowest BCUT2D eigenvalue weighted by molar-refractivity contribution is 0.251. The number of aliphatic imine (C=N–C) groups is 1. The van der Waals surface area contributed by atoms with Crippen molar-refractivity contribution >= 4 is 51.1 Å². The highest BCUT2D eigenvalue weighted by atomic mass is 79.9. The van der Waals surface area contributed by atoms with E-state index >= 15 is 0 Å². The molecule has 0 bridgehead atoms. The number of carbonyl (C=O) groups is 1. The highest BCUT2D eigenvalue weighted by Gasteiger charge is 2.29. The molecule has 0 aromatic rings. The molecule has 0 fully saturated rings. The SMILES string of the molecule is CC1=CC(Cl)(Br)CC(Cl)=C1NC(=O)N=C(N)N.